The number of pyridine rings is 2. The topological polar surface area (TPSA) is 55.3 Å². The third-order valence-corrected chi connectivity index (χ3v) is 7.77. The first kappa shape index (κ1) is 18.6. The minimum Gasteiger partial charge on any atom is -0.365 e. The van der Waals surface area contributed by atoms with Gasteiger partial charge in [-0.25, -0.2) is 4.98 Å². The summed E-state index contributed by atoms with van der Waals surface area (Å²) in [5.41, 5.74) is 3.51. The van der Waals surface area contributed by atoms with Crippen LogP contribution in [0.25, 0.3) is 0 Å². The molecule has 1 spiro atoms. The summed E-state index contributed by atoms with van der Waals surface area (Å²) in [7, 11) is 0. The molecule has 30 heavy (non-hydrogen) atoms. The molecule has 0 saturated carbocycles. The molecule has 2 fully saturated rings. The molecule has 1 aliphatic carbocycles. The van der Waals surface area contributed by atoms with E-state index in [0.717, 1.165) is 48.9 Å². The van der Waals surface area contributed by atoms with Crippen LogP contribution in [0.1, 0.15) is 65.7 Å². The van der Waals surface area contributed by atoms with Gasteiger partial charge in [0.1, 0.15) is 5.69 Å². The van der Waals surface area contributed by atoms with Crippen LogP contribution in [-0.4, -0.2) is 39.3 Å². The van der Waals surface area contributed by atoms with Gasteiger partial charge in [-0.05, 0) is 67.7 Å². The molecule has 2 saturated heterocycles. The molecule has 3 atom stereocenters. The molecule has 2 bridgehead atoms. The largest absolute Gasteiger partial charge is 0.365 e. The van der Waals surface area contributed by atoms with Crippen molar-refractivity contribution < 1.29 is 13.9 Å². The number of fused-ring (bicyclic) bond motifs is 5. The van der Waals surface area contributed by atoms with Gasteiger partial charge in [0, 0.05) is 43.0 Å². The lowest BCUT2D eigenvalue weighted by atomic mass is 9.80. The first-order valence-corrected chi connectivity index (χ1v) is 11.1. The maximum Gasteiger partial charge on any atom is 0.213 e. The fourth-order valence-corrected chi connectivity index (χ4v) is 6.39. The van der Waals surface area contributed by atoms with Crippen molar-refractivity contribution in [3.63, 3.8) is 0 Å². The number of ketones is 1. The maximum absolute atomic E-state index is 13.6. The number of carbonyl (C=O) groups is 1. The number of aromatic nitrogens is 2. The number of piperidine rings is 1. The zero-order chi connectivity index (χ0) is 20.3. The van der Waals surface area contributed by atoms with Crippen LogP contribution in [0, 0.1) is 11.9 Å². The highest BCUT2D eigenvalue weighted by Crippen LogP contribution is 2.52. The van der Waals surface area contributed by atoms with E-state index in [2.05, 4.69) is 14.9 Å². The fraction of sp³-hybridized carbons (Fsp3) is 0.542. The Kier molecular flexibility index (Phi) is 4.29. The Morgan fingerprint density at radius 2 is 2.00 bits per heavy atom. The molecule has 3 aliphatic heterocycles. The van der Waals surface area contributed by atoms with Gasteiger partial charge in [0.2, 0.25) is 5.95 Å². The second-order valence-electron chi connectivity index (χ2n) is 9.48. The van der Waals surface area contributed by atoms with Crippen LogP contribution in [0.2, 0.25) is 0 Å². The number of aryl methyl sites for hydroxylation is 1. The normalized spacial score (nSPS) is 32.8. The lowest BCUT2D eigenvalue weighted by molar-refractivity contribution is -0.102. The molecule has 5 heterocycles. The van der Waals surface area contributed by atoms with E-state index in [1.807, 2.05) is 12.1 Å². The molecule has 4 aliphatic rings. The first-order valence-electron chi connectivity index (χ1n) is 11.1. The van der Waals surface area contributed by atoms with Gasteiger partial charge < -0.3 is 4.74 Å². The van der Waals surface area contributed by atoms with Gasteiger partial charge in [-0.2, -0.15) is 4.39 Å². The summed E-state index contributed by atoms with van der Waals surface area (Å²) >= 11 is 0. The predicted octanol–water partition coefficient (Wildman–Crippen LogP) is 3.80. The summed E-state index contributed by atoms with van der Waals surface area (Å²) < 4.78 is 19.9. The Morgan fingerprint density at radius 3 is 2.83 bits per heavy atom. The number of rotatable bonds is 2. The highest BCUT2D eigenvalue weighted by Gasteiger charge is 2.53. The van der Waals surface area contributed by atoms with Crippen molar-refractivity contribution in [2.45, 2.75) is 69.2 Å². The fourth-order valence-electron chi connectivity index (χ4n) is 6.39. The van der Waals surface area contributed by atoms with E-state index in [4.69, 9.17) is 4.74 Å². The summed E-state index contributed by atoms with van der Waals surface area (Å²) in [5, 5.41) is 0. The van der Waals surface area contributed by atoms with Crippen molar-refractivity contribution in [2.24, 2.45) is 5.92 Å². The van der Waals surface area contributed by atoms with Crippen molar-refractivity contribution in [1.29, 1.82) is 0 Å². The van der Waals surface area contributed by atoms with Crippen LogP contribution in [0.5, 0.6) is 0 Å². The molecule has 156 valence electrons. The summed E-state index contributed by atoms with van der Waals surface area (Å²) in [6, 6.07) is 6.41. The van der Waals surface area contributed by atoms with E-state index < -0.39 is 5.95 Å². The molecular formula is C24H26FN3O2. The van der Waals surface area contributed by atoms with Gasteiger partial charge in [-0.1, -0.05) is 6.07 Å². The zero-order valence-corrected chi connectivity index (χ0v) is 17.0. The number of hydrogen-bond acceptors (Lipinski definition) is 5. The van der Waals surface area contributed by atoms with Gasteiger partial charge >= 0.3 is 0 Å². The standard InChI is InChI=1S/C24H26FN3O2/c25-22-9-17-14-30-24(20(17)12-27-22)10-18-5-6-19(11-24)28(18)13-15-3-4-16-2-1-7-26-23(16)21(29)8-15/h1-2,7,9,12,15,18-19H,3-6,8,10-11,13-14H2/t15-,18?,19?,24?/m1/s1. The Hall–Kier alpha value is -2.18. The third-order valence-electron chi connectivity index (χ3n) is 7.77. The van der Waals surface area contributed by atoms with Crippen molar-refractivity contribution in [2.75, 3.05) is 6.54 Å². The number of hydrogen-bond donors (Lipinski definition) is 0. The second-order valence-corrected chi connectivity index (χ2v) is 9.48. The highest BCUT2D eigenvalue weighted by molar-refractivity contribution is 5.96. The Morgan fingerprint density at radius 1 is 1.17 bits per heavy atom. The SMILES string of the molecule is O=C1C[C@H](CN2C3CCC2CC2(C3)OCc3cc(F)ncc32)CCc2cccnc21. The highest BCUT2D eigenvalue weighted by atomic mass is 19.1. The van der Waals surface area contributed by atoms with Crippen molar-refractivity contribution in [3.05, 3.63) is 58.9 Å². The molecule has 2 aromatic rings. The van der Waals surface area contributed by atoms with E-state index >= 15 is 0 Å². The molecule has 0 aromatic carbocycles. The van der Waals surface area contributed by atoms with Gasteiger partial charge in [0.25, 0.3) is 0 Å². The summed E-state index contributed by atoms with van der Waals surface area (Å²) in [6.45, 7) is 1.45. The lowest BCUT2D eigenvalue weighted by Gasteiger charge is -2.45. The quantitative estimate of drug-likeness (QED) is 0.560. The molecule has 6 heteroatoms. The zero-order valence-electron chi connectivity index (χ0n) is 17.0. The summed E-state index contributed by atoms with van der Waals surface area (Å²) in [4.78, 5) is 23.7. The smallest absolute Gasteiger partial charge is 0.213 e. The van der Waals surface area contributed by atoms with Gasteiger partial charge in [0.05, 0.1) is 12.2 Å². The Labute approximate surface area is 175 Å². The van der Waals surface area contributed by atoms with Crippen LogP contribution in [0.4, 0.5) is 4.39 Å². The monoisotopic (exact) mass is 407 g/mol. The van der Waals surface area contributed by atoms with Gasteiger partial charge in [0.15, 0.2) is 5.78 Å². The minimum absolute atomic E-state index is 0.190. The van der Waals surface area contributed by atoms with E-state index in [1.54, 1.807) is 12.4 Å². The molecule has 5 nitrogen and oxygen atoms in total. The van der Waals surface area contributed by atoms with E-state index in [1.165, 1.54) is 18.9 Å². The summed E-state index contributed by atoms with van der Waals surface area (Å²) in [6.07, 6.45) is 10.2. The van der Waals surface area contributed by atoms with Crippen LogP contribution in [0.15, 0.2) is 30.6 Å². The predicted molar refractivity (Wildman–Crippen MR) is 108 cm³/mol. The average molecular weight is 407 g/mol. The van der Waals surface area contributed by atoms with Crippen molar-refractivity contribution in [1.82, 2.24) is 14.9 Å². The van der Waals surface area contributed by atoms with E-state index in [9.17, 15) is 9.18 Å². The van der Waals surface area contributed by atoms with Crippen molar-refractivity contribution in [3.8, 4) is 0 Å². The maximum atomic E-state index is 13.6. The minimum atomic E-state index is -0.427. The molecule has 0 amide bonds. The van der Waals surface area contributed by atoms with Crippen molar-refractivity contribution >= 4 is 5.78 Å². The Balaban J connectivity index is 1.19. The average Bonchev–Trinajstić information content (AvgIpc) is 3.12. The van der Waals surface area contributed by atoms with Crippen LogP contribution >= 0.6 is 0 Å². The van der Waals surface area contributed by atoms with E-state index in [-0.39, 0.29) is 11.4 Å². The van der Waals surface area contributed by atoms with Crippen LogP contribution < -0.4 is 0 Å². The molecular weight excluding hydrogens is 381 g/mol. The van der Waals surface area contributed by atoms with Crippen LogP contribution in [-0.2, 0) is 23.4 Å². The molecule has 0 radical (unpaired) electrons. The van der Waals surface area contributed by atoms with E-state index in [0.29, 0.717) is 36.7 Å². The lowest BCUT2D eigenvalue weighted by Crippen LogP contribution is -2.51. The first-order chi connectivity index (χ1) is 14.6. The molecule has 0 N–H and O–H groups in total. The number of ether oxygens (including phenoxy) is 1. The number of Topliss-reactive ketones (excluding diaryl/α,β-unsaturated/α-hetero) is 1. The van der Waals surface area contributed by atoms with Gasteiger partial charge in [-0.3, -0.25) is 14.7 Å². The second kappa shape index (κ2) is 6.92. The number of nitrogens with zero attached hydrogens (tertiary/aromatic N) is 3. The van der Waals surface area contributed by atoms with Crippen LogP contribution in [0.3, 0.4) is 0 Å². The Bertz CT molecular complexity index is 996. The number of halogens is 1. The van der Waals surface area contributed by atoms with Gasteiger partial charge in [-0.15, -0.1) is 0 Å². The summed E-state index contributed by atoms with van der Waals surface area (Å²) in [5.74, 6) is 0.134. The molecule has 2 aromatic heterocycles. The number of carbonyl (C=O) groups excluding carboxylic acids is 1. The third kappa shape index (κ3) is 2.92. The molecule has 6 rings (SSSR count). The molecule has 2 unspecified atom stereocenters.